The fourth-order valence-corrected chi connectivity index (χ4v) is 4.92. The van der Waals surface area contributed by atoms with Crippen molar-refractivity contribution in [1.82, 2.24) is 9.62 Å². The molecule has 1 aromatic heterocycles. The SMILES string of the molecule is CSCCN(C)S(=O)(=O)c1ccc(CCNC(C)C)s1. The molecule has 4 nitrogen and oxygen atoms in total. The summed E-state index contributed by atoms with van der Waals surface area (Å²) >= 11 is 3.03. The van der Waals surface area contributed by atoms with Crippen molar-refractivity contribution in [2.45, 2.75) is 30.5 Å². The molecule has 0 aromatic carbocycles. The maximum Gasteiger partial charge on any atom is 0.252 e. The Morgan fingerprint density at radius 3 is 2.70 bits per heavy atom. The molecule has 0 aliphatic carbocycles. The molecule has 1 heterocycles. The third kappa shape index (κ3) is 5.37. The average Bonchev–Trinajstić information content (AvgIpc) is 2.84. The normalized spacial score (nSPS) is 12.5. The molecule has 0 bridgehead atoms. The summed E-state index contributed by atoms with van der Waals surface area (Å²) in [6, 6.07) is 4.10. The van der Waals surface area contributed by atoms with E-state index in [1.54, 1.807) is 24.9 Å². The smallest absolute Gasteiger partial charge is 0.252 e. The van der Waals surface area contributed by atoms with Crippen LogP contribution in [0.3, 0.4) is 0 Å². The van der Waals surface area contributed by atoms with Crippen LogP contribution in [0.1, 0.15) is 18.7 Å². The summed E-state index contributed by atoms with van der Waals surface area (Å²) < 4.78 is 26.6. The van der Waals surface area contributed by atoms with Gasteiger partial charge in [-0.25, -0.2) is 8.42 Å². The molecular formula is C13H24N2O2S3. The van der Waals surface area contributed by atoms with Crippen molar-refractivity contribution in [3.63, 3.8) is 0 Å². The first kappa shape index (κ1) is 18.0. The minimum absolute atomic E-state index is 0.445. The van der Waals surface area contributed by atoms with Gasteiger partial charge in [-0.05, 0) is 24.8 Å². The number of sulfonamides is 1. The van der Waals surface area contributed by atoms with Gasteiger partial charge in [-0.15, -0.1) is 11.3 Å². The molecule has 116 valence electrons. The zero-order valence-electron chi connectivity index (χ0n) is 12.5. The van der Waals surface area contributed by atoms with Gasteiger partial charge in [0.25, 0.3) is 10.0 Å². The summed E-state index contributed by atoms with van der Waals surface area (Å²) in [5.74, 6) is 0.812. The minimum Gasteiger partial charge on any atom is -0.314 e. The summed E-state index contributed by atoms with van der Waals surface area (Å²) in [7, 11) is -1.67. The van der Waals surface area contributed by atoms with Crippen LogP contribution in [0.4, 0.5) is 0 Å². The van der Waals surface area contributed by atoms with Gasteiger partial charge >= 0.3 is 0 Å². The first-order valence-corrected chi connectivity index (χ1v) is 10.3. The topological polar surface area (TPSA) is 49.4 Å². The highest BCUT2D eigenvalue weighted by atomic mass is 32.2. The van der Waals surface area contributed by atoms with Crippen molar-refractivity contribution in [3.8, 4) is 0 Å². The Morgan fingerprint density at radius 1 is 1.40 bits per heavy atom. The van der Waals surface area contributed by atoms with Crippen molar-refractivity contribution in [3.05, 3.63) is 17.0 Å². The number of nitrogens with zero attached hydrogens (tertiary/aromatic N) is 1. The average molecular weight is 337 g/mol. The van der Waals surface area contributed by atoms with Gasteiger partial charge in [-0.1, -0.05) is 13.8 Å². The van der Waals surface area contributed by atoms with Gasteiger partial charge in [0, 0.05) is 36.8 Å². The van der Waals surface area contributed by atoms with Gasteiger partial charge in [0.1, 0.15) is 4.21 Å². The minimum atomic E-state index is -3.31. The number of thiophene rings is 1. The molecule has 1 rings (SSSR count). The van der Waals surface area contributed by atoms with Crippen molar-refractivity contribution in [2.24, 2.45) is 0 Å². The molecule has 0 aliphatic heterocycles. The molecule has 7 heteroatoms. The largest absolute Gasteiger partial charge is 0.314 e. The van der Waals surface area contributed by atoms with Crippen LogP contribution in [0.2, 0.25) is 0 Å². The highest BCUT2D eigenvalue weighted by Gasteiger charge is 2.22. The molecule has 1 aromatic rings. The monoisotopic (exact) mass is 336 g/mol. The Labute approximate surface area is 131 Å². The predicted molar refractivity (Wildman–Crippen MR) is 89.4 cm³/mol. The van der Waals surface area contributed by atoms with Crippen molar-refractivity contribution in [2.75, 3.05) is 32.1 Å². The predicted octanol–water partition coefficient (Wildman–Crippen LogP) is 2.27. The lowest BCUT2D eigenvalue weighted by molar-refractivity contribution is 0.490. The molecular weight excluding hydrogens is 312 g/mol. The molecule has 0 saturated heterocycles. The Balaban J connectivity index is 2.65. The van der Waals surface area contributed by atoms with Gasteiger partial charge in [0.2, 0.25) is 0 Å². The van der Waals surface area contributed by atoms with E-state index in [1.807, 2.05) is 12.3 Å². The van der Waals surface area contributed by atoms with Crippen LogP contribution in [0.15, 0.2) is 16.3 Å². The van der Waals surface area contributed by atoms with E-state index in [1.165, 1.54) is 15.6 Å². The lowest BCUT2D eigenvalue weighted by atomic mass is 10.3. The Morgan fingerprint density at radius 2 is 2.10 bits per heavy atom. The van der Waals surface area contributed by atoms with Crippen LogP contribution < -0.4 is 5.32 Å². The van der Waals surface area contributed by atoms with Crippen LogP contribution in [-0.2, 0) is 16.4 Å². The van der Waals surface area contributed by atoms with E-state index in [-0.39, 0.29) is 0 Å². The summed E-state index contributed by atoms with van der Waals surface area (Å²) in [6.07, 6.45) is 2.85. The first-order chi connectivity index (χ1) is 9.37. The summed E-state index contributed by atoms with van der Waals surface area (Å²) in [5.41, 5.74) is 0. The van der Waals surface area contributed by atoms with Gasteiger partial charge in [-0.3, -0.25) is 0 Å². The third-order valence-corrected chi connectivity index (χ3v) is 6.90. The van der Waals surface area contributed by atoms with E-state index >= 15 is 0 Å². The molecule has 0 radical (unpaired) electrons. The molecule has 0 saturated carbocycles. The molecule has 0 aliphatic rings. The second kappa shape index (κ2) is 8.38. The second-order valence-electron chi connectivity index (χ2n) is 4.90. The molecule has 20 heavy (non-hydrogen) atoms. The Bertz CT molecular complexity index is 497. The van der Waals surface area contributed by atoms with Crippen LogP contribution in [0, 0.1) is 0 Å². The van der Waals surface area contributed by atoms with Crippen molar-refractivity contribution >= 4 is 33.1 Å². The molecule has 0 amide bonds. The molecule has 1 N–H and O–H groups in total. The van der Waals surface area contributed by atoms with Crippen LogP contribution in [0.25, 0.3) is 0 Å². The number of nitrogens with one attached hydrogen (secondary N) is 1. The second-order valence-corrected chi connectivity index (χ2v) is 9.32. The highest BCUT2D eigenvalue weighted by Crippen LogP contribution is 2.24. The van der Waals surface area contributed by atoms with Crippen molar-refractivity contribution < 1.29 is 8.42 Å². The maximum atomic E-state index is 12.3. The fourth-order valence-electron chi connectivity index (χ4n) is 1.61. The van der Waals surface area contributed by atoms with Crippen LogP contribution >= 0.6 is 23.1 Å². The van der Waals surface area contributed by atoms with Gasteiger partial charge in [0.05, 0.1) is 0 Å². The Hall–Kier alpha value is -0.0800. The quantitative estimate of drug-likeness (QED) is 0.751. The molecule has 0 unspecified atom stereocenters. The Kier molecular flexibility index (Phi) is 7.53. The third-order valence-electron chi connectivity index (χ3n) is 2.84. The zero-order valence-corrected chi connectivity index (χ0v) is 15.0. The maximum absolute atomic E-state index is 12.3. The summed E-state index contributed by atoms with van der Waals surface area (Å²) in [5, 5.41) is 3.34. The molecule has 0 spiro atoms. The van der Waals surface area contributed by atoms with Gasteiger partial charge in [0.15, 0.2) is 0 Å². The number of hydrogen-bond acceptors (Lipinski definition) is 5. The number of rotatable bonds is 9. The van der Waals surface area contributed by atoms with E-state index in [2.05, 4.69) is 19.2 Å². The van der Waals surface area contributed by atoms with Crippen LogP contribution in [0.5, 0.6) is 0 Å². The van der Waals surface area contributed by atoms with Gasteiger partial charge < -0.3 is 5.32 Å². The van der Waals surface area contributed by atoms with E-state index in [9.17, 15) is 8.42 Å². The number of thioether (sulfide) groups is 1. The van der Waals surface area contributed by atoms with Crippen LogP contribution in [-0.4, -0.2) is 50.9 Å². The molecule has 0 fully saturated rings. The lowest BCUT2D eigenvalue weighted by Crippen LogP contribution is -2.28. The summed E-state index contributed by atoms with van der Waals surface area (Å²) in [6.45, 7) is 5.63. The van der Waals surface area contributed by atoms with Gasteiger partial charge in [-0.2, -0.15) is 16.1 Å². The van der Waals surface area contributed by atoms with E-state index < -0.39 is 10.0 Å². The lowest BCUT2D eigenvalue weighted by Gasteiger charge is -2.15. The van der Waals surface area contributed by atoms with Crippen molar-refractivity contribution in [1.29, 1.82) is 0 Å². The molecule has 0 atom stereocenters. The van der Waals surface area contributed by atoms with E-state index in [0.29, 0.717) is 16.8 Å². The van der Waals surface area contributed by atoms with E-state index in [4.69, 9.17) is 0 Å². The zero-order chi connectivity index (χ0) is 15.2. The summed E-state index contributed by atoms with van der Waals surface area (Å²) in [4.78, 5) is 1.11. The standard InChI is InChI=1S/C13H24N2O2S3/c1-11(2)14-8-7-12-5-6-13(19-12)20(16,17)15(3)9-10-18-4/h5-6,11,14H,7-10H2,1-4H3. The fraction of sp³-hybridized carbons (Fsp3) is 0.692. The first-order valence-electron chi connectivity index (χ1n) is 6.65. The van der Waals surface area contributed by atoms with E-state index in [0.717, 1.165) is 23.6 Å². The highest BCUT2D eigenvalue weighted by molar-refractivity contribution is 7.98. The number of hydrogen-bond donors (Lipinski definition) is 1.